The van der Waals surface area contributed by atoms with E-state index in [1.807, 2.05) is 29.8 Å². The third-order valence-electron chi connectivity index (χ3n) is 5.71. The standard InChI is InChI=1S/C24H18NO5S/c1-27-19-5-4-14-9-18-16-11-21-20(28-13-29-21)10-15(16)6-7-25(18)12-17(14)23(19)30-24(26)22-3-2-8-31-22/h2-5,8-12H,6-7,13H2,1H3/q+1. The van der Waals surface area contributed by atoms with Gasteiger partial charge in [0.15, 0.2) is 35.7 Å². The fourth-order valence-electron chi connectivity index (χ4n) is 4.20. The van der Waals surface area contributed by atoms with Crippen LogP contribution in [0.2, 0.25) is 0 Å². The van der Waals surface area contributed by atoms with Crippen LogP contribution in [-0.2, 0) is 13.0 Å². The van der Waals surface area contributed by atoms with Crippen molar-refractivity contribution in [1.29, 1.82) is 0 Å². The lowest BCUT2D eigenvalue weighted by Crippen LogP contribution is -2.40. The van der Waals surface area contributed by atoms with Crippen molar-refractivity contribution in [2.24, 2.45) is 0 Å². The van der Waals surface area contributed by atoms with E-state index in [9.17, 15) is 4.79 Å². The zero-order valence-electron chi connectivity index (χ0n) is 16.7. The number of methoxy groups -OCH3 is 1. The molecule has 7 heteroatoms. The monoisotopic (exact) mass is 432 g/mol. The molecule has 0 atom stereocenters. The van der Waals surface area contributed by atoms with E-state index in [4.69, 9.17) is 18.9 Å². The van der Waals surface area contributed by atoms with Crippen molar-refractivity contribution in [3.05, 3.63) is 64.5 Å². The molecule has 0 amide bonds. The molecular formula is C24H18NO5S+. The molecule has 2 aromatic heterocycles. The van der Waals surface area contributed by atoms with Gasteiger partial charge >= 0.3 is 5.97 Å². The molecule has 2 aromatic carbocycles. The molecule has 154 valence electrons. The van der Waals surface area contributed by atoms with Gasteiger partial charge in [-0.1, -0.05) is 6.07 Å². The first-order valence-corrected chi connectivity index (χ1v) is 10.8. The Hall–Kier alpha value is -3.58. The minimum Gasteiger partial charge on any atom is -0.493 e. The number of pyridine rings is 1. The molecule has 0 radical (unpaired) electrons. The van der Waals surface area contributed by atoms with Crippen LogP contribution in [0.3, 0.4) is 0 Å². The normalized spacial score (nSPS) is 13.6. The molecule has 0 N–H and O–H groups in total. The van der Waals surface area contributed by atoms with Gasteiger partial charge in [0, 0.05) is 12.5 Å². The van der Waals surface area contributed by atoms with Crippen molar-refractivity contribution >= 4 is 28.1 Å². The average Bonchev–Trinajstić information content (AvgIpc) is 3.48. The van der Waals surface area contributed by atoms with Crippen LogP contribution in [0, 0.1) is 0 Å². The van der Waals surface area contributed by atoms with Gasteiger partial charge in [-0.05, 0) is 46.7 Å². The zero-order chi connectivity index (χ0) is 20.9. The Bertz CT molecular complexity index is 1350. The Morgan fingerprint density at radius 1 is 1.13 bits per heavy atom. The Morgan fingerprint density at radius 2 is 2.00 bits per heavy atom. The second-order valence-corrected chi connectivity index (χ2v) is 8.38. The maximum Gasteiger partial charge on any atom is 0.353 e. The maximum atomic E-state index is 12.6. The van der Waals surface area contributed by atoms with E-state index in [2.05, 4.69) is 22.8 Å². The van der Waals surface area contributed by atoms with Crippen molar-refractivity contribution in [3.63, 3.8) is 0 Å². The fourth-order valence-corrected chi connectivity index (χ4v) is 4.80. The number of benzene rings is 2. The lowest BCUT2D eigenvalue weighted by molar-refractivity contribution is -0.686. The van der Waals surface area contributed by atoms with Gasteiger partial charge < -0.3 is 18.9 Å². The summed E-state index contributed by atoms with van der Waals surface area (Å²) in [4.78, 5) is 13.2. The highest BCUT2D eigenvalue weighted by Crippen LogP contribution is 2.41. The molecule has 0 aliphatic carbocycles. The number of thiophene rings is 1. The minimum atomic E-state index is -0.387. The van der Waals surface area contributed by atoms with E-state index >= 15 is 0 Å². The van der Waals surface area contributed by atoms with Crippen molar-refractivity contribution < 1.29 is 28.3 Å². The molecule has 0 saturated heterocycles. The number of hydrogen-bond acceptors (Lipinski definition) is 6. The molecule has 6 rings (SSSR count). The van der Waals surface area contributed by atoms with Gasteiger partial charge in [0.1, 0.15) is 4.88 Å². The fraction of sp³-hybridized carbons (Fsp3) is 0.167. The van der Waals surface area contributed by atoms with Crippen LogP contribution in [-0.4, -0.2) is 19.9 Å². The third-order valence-corrected chi connectivity index (χ3v) is 6.56. The molecule has 2 aliphatic heterocycles. The number of rotatable bonds is 3. The zero-order valence-corrected chi connectivity index (χ0v) is 17.5. The van der Waals surface area contributed by atoms with Crippen molar-refractivity contribution in [1.82, 2.24) is 0 Å². The van der Waals surface area contributed by atoms with Crippen LogP contribution in [0.25, 0.3) is 22.0 Å². The Kier molecular flexibility index (Phi) is 4.11. The molecule has 0 saturated carbocycles. The number of ether oxygens (including phenoxy) is 4. The van der Waals surface area contributed by atoms with Crippen LogP contribution >= 0.6 is 11.3 Å². The smallest absolute Gasteiger partial charge is 0.353 e. The van der Waals surface area contributed by atoms with Gasteiger partial charge in [-0.25, -0.2) is 4.79 Å². The first-order chi connectivity index (χ1) is 15.2. The summed E-state index contributed by atoms with van der Waals surface area (Å²) in [5, 5.41) is 3.65. The largest absolute Gasteiger partial charge is 0.493 e. The summed E-state index contributed by atoms with van der Waals surface area (Å²) in [5.74, 6) is 2.15. The maximum absolute atomic E-state index is 12.6. The van der Waals surface area contributed by atoms with Gasteiger partial charge in [0.05, 0.1) is 18.1 Å². The SMILES string of the molecule is COc1ccc2cc3[n+](cc2c1OC(=O)c1cccs1)CCc1cc2c(cc1-3)OCO2. The highest BCUT2D eigenvalue weighted by atomic mass is 32.1. The molecule has 6 nitrogen and oxygen atoms in total. The van der Waals surface area contributed by atoms with E-state index in [-0.39, 0.29) is 12.8 Å². The molecule has 0 unspecified atom stereocenters. The second kappa shape index (κ2) is 6.99. The predicted octanol–water partition coefficient (Wildman–Crippen LogP) is 4.37. The molecule has 4 aromatic rings. The van der Waals surface area contributed by atoms with Crippen LogP contribution < -0.4 is 23.5 Å². The number of esters is 1. The highest BCUT2D eigenvalue weighted by molar-refractivity contribution is 7.12. The number of aryl methyl sites for hydroxylation is 2. The first-order valence-electron chi connectivity index (χ1n) is 9.94. The molecule has 0 fully saturated rings. The number of fused-ring (bicyclic) bond motifs is 5. The molecule has 31 heavy (non-hydrogen) atoms. The number of aromatic nitrogens is 1. The first kappa shape index (κ1) is 18.2. The van der Waals surface area contributed by atoms with Crippen molar-refractivity contribution in [2.45, 2.75) is 13.0 Å². The molecule has 2 aliphatic rings. The van der Waals surface area contributed by atoms with Gasteiger partial charge in [-0.3, -0.25) is 0 Å². The lowest BCUT2D eigenvalue weighted by Gasteiger charge is -2.17. The van der Waals surface area contributed by atoms with Crippen LogP contribution in [0.5, 0.6) is 23.0 Å². The summed E-state index contributed by atoms with van der Waals surface area (Å²) >= 11 is 1.35. The highest BCUT2D eigenvalue weighted by Gasteiger charge is 2.29. The minimum absolute atomic E-state index is 0.259. The summed E-state index contributed by atoms with van der Waals surface area (Å²) < 4.78 is 24.6. The Labute approximate surface area is 182 Å². The number of hydrogen-bond donors (Lipinski definition) is 0. The van der Waals surface area contributed by atoms with Crippen LogP contribution in [0.1, 0.15) is 15.2 Å². The topological polar surface area (TPSA) is 57.9 Å². The van der Waals surface area contributed by atoms with Crippen molar-refractivity contribution in [2.75, 3.05) is 13.9 Å². The number of carbonyl (C=O) groups excluding carboxylic acids is 1. The van der Waals surface area contributed by atoms with E-state index in [0.29, 0.717) is 16.4 Å². The van der Waals surface area contributed by atoms with Gasteiger partial charge in [-0.15, -0.1) is 11.3 Å². The van der Waals surface area contributed by atoms with Crippen molar-refractivity contribution in [3.8, 4) is 34.3 Å². The van der Waals surface area contributed by atoms with E-state index in [1.54, 1.807) is 13.2 Å². The summed E-state index contributed by atoms with van der Waals surface area (Å²) in [6.07, 6.45) is 2.92. The summed E-state index contributed by atoms with van der Waals surface area (Å²) in [6.45, 7) is 1.07. The van der Waals surface area contributed by atoms with E-state index < -0.39 is 0 Å². The average molecular weight is 432 g/mol. The summed E-state index contributed by atoms with van der Waals surface area (Å²) in [7, 11) is 1.58. The van der Waals surface area contributed by atoms with Gasteiger partial charge in [0.25, 0.3) is 0 Å². The van der Waals surface area contributed by atoms with Gasteiger partial charge in [0.2, 0.25) is 12.5 Å². The molecular weight excluding hydrogens is 414 g/mol. The Morgan fingerprint density at radius 3 is 2.81 bits per heavy atom. The second-order valence-electron chi connectivity index (χ2n) is 7.43. The predicted molar refractivity (Wildman–Crippen MR) is 115 cm³/mol. The number of carbonyl (C=O) groups is 1. The quantitative estimate of drug-likeness (QED) is 0.273. The third kappa shape index (κ3) is 2.92. The molecule has 0 bridgehead atoms. The van der Waals surface area contributed by atoms with Gasteiger partial charge in [-0.2, -0.15) is 4.57 Å². The summed E-state index contributed by atoms with van der Waals surface area (Å²) in [5.41, 5.74) is 3.46. The van der Waals surface area contributed by atoms with Crippen LogP contribution in [0.4, 0.5) is 0 Å². The van der Waals surface area contributed by atoms with Crippen LogP contribution in [0.15, 0.2) is 54.0 Å². The lowest BCUT2D eigenvalue weighted by atomic mass is 9.95. The Balaban J connectivity index is 1.50. The molecule has 0 spiro atoms. The summed E-state index contributed by atoms with van der Waals surface area (Å²) in [6, 6.07) is 13.7. The van der Waals surface area contributed by atoms with E-state index in [0.717, 1.165) is 46.5 Å². The molecule has 4 heterocycles. The van der Waals surface area contributed by atoms with E-state index in [1.165, 1.54) is 16.9 Å². The number of nitrogens with zero attached hydrogens (tertiary/aromatic N) is 1.